The molecule has 1 N–H and O–H groups in total. The zero-order valence-electron chi connectivity index (χ0n) is 10.2. The van der Waals surface area contributed by atoms with Gasteiger partial charge in [0.25, 0.3) is 0 Å². The van der Waals surface area contributed by atoms with Crippen molar-refractivity contribution in [3.8, 4) is 0 Å². The van der Waals surface area contributed by atoms with Gasteiger partial charge in [0.2, 0.25) is 0 Å². The van der Waals surface area contributed by atoms with Crippen molar-refractivity contribution in [3.05, 3.63) is 47.9 Å². The molecule has 0 aliphatic heterocycles. The van der Waals surface area contributed by atoms with Gasteiger partial charge in [0.05, 0.1) is 11.8 Å². The zero-order chi connectivity index (χ0) is 12.5. The number of aryl methyl sites for hydroxylation is 1. The fourth-order valence-corrected chi connectivity index (χ4v) is 2.42. The summed E-state index contributed by atoms with van der Waals surface area (Å²) in [5, 5.41) is 10.1. The average Bonchev–Trinajstić information content (AvgIpc) is 2.81. The van der Waals surface area contributed by atoms with Crippen LogP contribution in [-0.2, 0) is 6.42 Å². The van der Waals surface area contributed by atoms with E-state index >= 15 is 0 Å². The van der Waals surface area contributed by atoms with Crippen molar-refractivity contribution in [3.63, 3.8) is 0 Å². The van der Waals surface area contributed by atoms with E-state index < -0.39 is 6.10 Å². The lowest BCUT2D eigenvalue weighted by molar-refractivity contribution is 0.180. The largest absolute Gasteiger partial charge is 0.388 e. The lowest BCUT2D eigenvalue weighted by atomic mass is 10.2. The van der Waals surface area contributed by atoms with E-state index in [-0.39, 0.29) is 0 Å². The Morgan fingerprint density at radius 3 is 2.78 bits per heavy atom. The standard InChI is InChI=1S/C14H15N3O/c1-17(10-5-3-2-4-6-10)14-13-11(15-9-16-14)7-8-12(13)18/h2-6,9,12,18H,7-8H2,1H3. The molecule has 0 saturated carbocycles. The van der Waals surface area contributed by atoms with Crippen LogP contribution in [0.4, 0.5) is 11.5 Å². The Hall–Kier alpha value is -1.94. The number of fused-ring (bicyclic) bond motifs is 1. The van der Waals surface area contributed by atoms with Crippen molar-refractivity contribution in [2.75, 3.05) is 11.9 Å². The molecule has 1 aliphatic rings. The van der Waals surface area contributed by atoms with E-state index in [1.165, 1.54) is 0 Å². The van der Waals surface area contributed by atoms with Crippen LogP contribution in [0.3, 0.4) is 0 Å². The van der Waals surface area contributed by atoms with Gasteiger partial charge in [0, 0.05) is 18.3 Å². The molecule has 1 unspecified atom stereocenters. The van der Waals surface area contributed by atoms with Crippen LogP contribution in [0.2, 0.25) is 0 Å². The second kappa shape index (κ2) is 4.38. The Labute approximate surface area is 106 Å². The van der Waals surface area contributed by atoms with E-state index in [9.17, 15) is 5.11 Å². The van der Waals surface area contributed by atoms with Gasteiger partial charge in [0.15, 0.2) is 0 Å². The first-order chi connectivity index (χ1) is 8.77. The van der Waals surface area contributed by atoms with Crippen LogP contribution in [0.25, 0.3) is 0 Å². The van der Waals surface area contributed by atoms with Crippen LogP contribution >= 0.6 is 0 Å². The molecule has 92 valence electrons. The van der Waals surface area contributed by atoms with Crippen molar-refractivity contribution in [1.29, 1.82) is 0 Å². The van der Waals surface area contributed by atoms with E-state index in [4.69, 9.17) is 0 Å². The minimum absolute atomic E-state index is 0.442. The van der Waals surface area contributed by atoms with Gasteiger partial charge in [-0.15, -0.1) is 0 Å². The smallest absolute Gasteiger partial charge is 0.142 e. The van der Waals surface area contributed by atoms with Gasteiger partial charge in [0.1, 0.15) is 12.1 Å². The zero-order valence-corrected chi connectivity index (χ0v) is 10.2. The Morgan fingerprint density at radius 1 is 1.22 bits per heavy atom. The summed E-state index contributed by atoms with van der Waals surface area (Å²) < 4.78 is 0. The van der Waals surface area contributed by atoms with Crippen LogP contribution in [0.15, 0.2) is 36.7 Å². The first kappa shape index (κ1) is 11.2. The van der Waals surface area contributed by atoms with E-state index in [1.807, 2.05) is 42.3 Å². The maximum absolute atomic E-state index is 10.1. The fourth-order valence-electron chi connectivity index (χ4n) is 2.42. The number of aromatic nitrogens is 2. The highest BCUT2D eigenvalue weighted by atomic mass is 16.3. The van der Waals surface area contributed by atoms with E-state index in [2.05, 4.69) is 9.97 Å². The van der Waals surface area contributed by atoms with Crippen LogP contribution in [0, 0.1) is 0 Å². The van der Waals surface area contributed by atoms with Crippen molar-refractivity contribution < 1.29 is 5.11 Å². The topological polar surface area (TPSA) is 49.2 Å². The monoisotopic (exact) mass is 241 g/mol. The Morgan fingerprint density at radius 2 is 2.00 bits per heavy atom. The maximum Gasteiger partial charge on any atom is 0.142 e. The molecule has 1 aromatic heterocycles. The summed E-state index contributed by atoms with van der Waals surface area (Å²) >= 11 is 0. The summed E-state index contributed by atoms with van der Waals surface area (Å²) in [4.78, 5) is 10.6. The highest BCUT2D eigenvalue weighted by molar-refractivity contribution is 5.63. The predicted molar refractivity (Wildman–Crippen MR) is 69.8 cm³/mol. The van der Waals surface area contributed by atoms with Gasteiger partial charge >= 0.3 is 0 Å². The fraction of sp³-hybridized carbons (Fsp3) is 0.286. The van der Waals surface area contributed by atoms with Gasteiger partial charge in [-0.3, -0.25) is 0 Å². The summed E-state index contributed by atoms with van der Waals surface area (Å²) in [7, 11) is 1.96. The van der Waals surface area contributed by atoms with Crippen molar-refractivity contribution in [2.24, 2.45) is 0 Å². The molecule has 0 bridgehead atoms. The normalized spacial score (nSPS) is 17.6. The molecule has 0 saturated heterocycles. The number of hydrogen-bond donors (Lipinski definition) is 1. The van der Waals surface area contributed by atoms with Crippen molar-refractivity contribution >= 4 is 11.5 Å². The number of aliphatic hydroxyl groups is 1. The molecule has 4 nitrogen and oxygen atoms in total. The first-order valence-corrected chi connectivity index (χ1v) is 6.08. The van der Waals surface area contributed by atoms with Gasteiger partial charge in [-0.2, -0.15) is 0 Å². The van der Waals surface area contributed by atoms with E-state index in [0.717, 1.165) is 35.6 Å². The Balaban J connectivity index is 2.06. The number of rotatable bonds is 2. The lowest BCUT2D eigenvalue weighted by Gasteiger charge is -2.21. The van der Waals surface area contributed by atoms with Crippen molar-refractivity contribution in [2.45, 2.75) is 18.9 Å². The number of para-hydroxylation sites is 1. The predicted octanol–water partition coefficient (Wildman–Crippen LogP) is 2.22. The molecule has 1 aliphatic carbocycles. The Kier molecular flexibility index (Phi) is 2.72. The molecule has 3 rings (SSSR count). The molecule has 18 heavy (non-hydrogen) atoms. The molecule has 1 heterocycles. The molecule has 1 aromatic carbocycles. The molecule has 4 heteroatoms. The average molecular weight is 241 g/mol. The molecule has 0 radical (unpaired) electrons. The number of hydrogen-bond acceptors (Lipinski definition) is 4. The molecule has 1 atom stereocenters. The van der Waals surface area contributed by atoms with E-state index in [0.29, 0.717) is 0 Å². The SMILES string of the molecule is CN(c1ccccc1)c1ncnc2c1C(O)CC2. The van der Waals surface area contributed by atoms with Crippen LogP contribution in [0.1, 0.15) is 23.8 Å². The maximum atomic E-state index is 10.1. The van der Waals surface area contributed by atoms with Gasteiger partial charge < -0.3 is 10.0 Å². The third-order valence-electron chi connectivity index (χ3n) is 3.39. The molecule has 0 spiro atoms. The minimum atomic E-state index is -0.442. The number of benzene rings is 1. The number of nitrogens with zero attached hydrogens (tertiary/aromatic N) is 3. The van der Waals surface area contributed by atoms with Crippen molar-refractivity contribution in [1.82, 2.24) is 9.97 Å². The number of anilines is 2. The summed E-state index contributed by atoms with van der Waals surface area (Å²) in [6.45, 7) is 0. The third kappa shape index (κ3) is 1.75. The molecular weight excluding hydrogens is 226 g/mol. The van der Waals surface area contributed by atoms with Gasteiger partial charge in [-0.1, -0.05) is 18.2 Å². The molecule has 0 amide bonds. The van der Waals surface area contributed by atoms with Crippen LogP contribution < -0.4 is 4.90 Å². The lowest BCUT2D eigenvalue weighted by Crippen LogP contribution is -2.15. The Bertz CT molecular complexity index is 556. The summed E-state index contributed by atoms with van der Waals surface area (Å²) in [6.07, 6.45) is 2.70. The highest BCUT2D eigenvalue weighted by Gasteiger charge is 2.27. The minimum Gasteiger partial charge on any atom is -0.388 e. The second-order valence-corrected chi connectivity index (χ2v) is 4.51. The van der Waals surface area contributed by atoms with Gasteiger partial charge in [-0.05, 0) is 25.0 Å². The third-order valence-corrected chi connectivity index (χ3v) is 3.39. The summed E-state index contributed by atoms with van der Waals surface area (Å²) in [6, 6.07) is 10.0. The van der Waals surface area contributed by atoms with E-state index in [1.54, 1.807) is 6.33 Å². The molecular formula is C14H15N3O. The van der Waals surface area contributed by atoms with Crippen LogP contribution in [-0.4, -0.2) is 22.1 Å². The summed E-state index contributed by atoms with van der Waals surface area (Å²) in [5.74, 6) is 0.802. The first-order valence-electron chi connectivity index (χ1n) is 6.08. The quantitative estimate of drug-likeness (QED) is 0.876. The summed E-state index contributed by atoms with van der Waals surface area (Å²) in [5.41, 5.74) is 2.90. The number of aliphatic hydroxyl groups excluding tert-OH is 1. The second-order valence-electron chi connectivity index (χ2n) is 4.51. The van der Waals surface area contributed by atoms with Gasteiger partial charge in [-0.25, -0.2) is 9.97 Å². The molecule has 0 fully saturated rings. The van der Waals surface area contributed by atoms with Crippen LogP contribution in [0.5, 0.6) is 0 Å². The molecule has 2 aromatic rings. The highest BCUT2D eigenvalue weighted by Crippen LogP contribution is 2.37.